The van der Waals surface area contributed by atoms with E-state index in [1.54, 1.807) is 35.6 Å². The number of carbonyl (C=O) groups excluding carboxylic acids is 1. The van der Waals surface area contributed by atoms with Gasteiger partial charge in [0.1, 0.15) is 0 Å². The highest BCUT2D eigenvalue weighted by molar-refractivity contribution is 7.10. The van der Waals surface area contributed by atoms with Gasteiger partial charge >= 0.3 is 0 Å². The van der Waals surface area contributed by atoms with Crippen molar-refractivity contribution in [1.82, 2.24) is 0 Å². The van der Waals surface area contributed by atoms with E-state index in [1.165, 1.54) is 0 Å². The van der Waals surface area contributed by atoms with Crippen molar-refractivity contribution in [3.05, 3.63) is 52.2 Å². The van der Waals surface area contributed by atoms with Gasteiger partial charge in [-0.1, -0.05) is 18.2 Å². The van der Waals surface area contributed by atoms with E-state index in [4.69, 9.17) is 5.73 Å². The fourth-order valence-corrected chi connectivity index (χ4v) is 2.09. The highest BCUT2D eigenvalue weighted by Gasteiger charge is 2.07. The molecule has 0 radical (unpaired) electrons. The van der Waals surface area contributed by atoms with Crippen molar-refractivity contribution in [2.45, 2.75) is 6.42 Å². The predicted octanol–water partition coefficient (Wildman–Crippen LogP) is 2.76. The van der Waals surface area contributed by atoms with Gasteiger partial charge in [-0.05, 0) is 23.6 Å². The zero-order chi connectivity index (χ0) is 10.7. The van der Waals surface area contributed by atoms with Gasteiger partial charge in [-0.2, -0.15) is 0 Å². The Hall–Kier alpha value is -1.61. The largest absolute Gasteiger partial charge is 0.399 e. The van der Waals surface area contributed by atoms with E-state index >= 15 is 0 Å². The summed E-state index contributed by atoms with van der Waals surface area (Å²) in [5.41, 5.74) is 6.94. The Morgan fingerprint density at radius 3 is 2.80 bits per heavy atom. The third kappa shape index (κ3) is 2.44. The van der Waals surface area contributed by atoms with E-state index in [2.05, 4.69) is 0 Å². The number of rotatable bonds is 3. The van der Waals surface area contributed by atoms with Crippen LogP contribution in [0.2, 0.25) is 0 Å². The molecule has 0 unspecified atom stereocenters. The zero-order valence-corrected chi connectivity index (χ0v) is 8.96. The van der Waals surface area contributed by atoms with E-state index in [1.807, 2.05) is 17.5 Å². The lowest BCUT2D eigenvalue weighted by atomic mass is 10.1. The van der Waals surface area contributed by atoms with Gasteiger partial charge in [0.05, 0.1) is 0 Å². The van der Waals surface area contributed by atoms with Crippen LogP contribution >= 0.6 is 11.3 Å². The monoisotopic (exact) mass is 217 g/mol. The van der Waals surface area contributed by atoms with Crippen LogP contribution < -0.4 is 5.73 Å². The molecule has 0 aliphatic rings. The van der Waals surface area contributed by atoms with Gasteiger partial charge in [0, 0.05) is 22.5 Å². The normalized spacial score (nSPS) is 10.1. The number of benzene rings is 1. The van der Waals surface area contributed by atoms with E-state index in [-0.39, 0.29) is 5.78 Å². The molecule has 0 fully saturated rings. The number of nitrogens with two attached hydrogens (primary N) is 1. The summed E-state index contributed by atoms with van der Waals surface area (Å²) in [7, 11) is 0. The Balaban J connectivity index is 2.15. The van der Waals surface area contributed by atoms with E-state index in [0.717, 1.165) is 4.88 Å². The second-order valence-corrected chi connectivity index (χ2v) is 4.34. The Bertz CT molecular complexity index is 462. The quantitative estimate of drug-likeness (QED) is 0.634. The molecule has 1 aromatic heterocycles. The molecule has 2 nitrogen and oxygen atoms in total. The van der Waals surface area contributed by atoms with Gasteiger partial charge < -0.3 is 5.73 Å². The van der Waals surface area contributed by atoms with Gasteiger partial charge in [0.2, 0.25) is 0 Å². The van der Waals surface area contributed by atoms with Gasteiger partial charge in [-0.25, -0.2) is 0 Å². The maximum absolute atomic E-state index is 11.8. The second kappa shape index (κ2) is 4.28. The molecular weight excluding hydrogens is 206 g/mol. The predicted molar refractivity (Wildman–Crippen MR) is 63.2 cm³/mol. The summed E-state index contributed by atoms with van der Waals surface area (Å²) >= 11 is 1.60. The Kier molecular flexibility index (Phi) is 2.83. The van der Waals surface area contributed by atoms with Crippen LogP contribution in [0.15, 0.2) is 41.8 Å². The fraction of sp³-hybridized carbons (Fsp3) is 0.0833. The third-order valence-electron chi connectivity index (χ3n) is 2.12. The summed E-state index contributed by atoms with van der Waals surface area (Å²) in [4.78, 5) is 12.9. The van der Waals surface area contributed by atoms with Crippen LogP contribution in [0.3, 0.4) is 0 Å². The zero-order valence-electron chi connectivity index (χ0n) is 8.14. The van der Waals surface area contributed by atoms with Crippen LogP contribution in [-0.2, 0) is 6.42 Å². The number of hydrogen-bond donors (Lipinski definition) is 1. The van der Waals surface area contributed by atoms with Crippen molar-refractivity contribution in [2.75, 3.05) is 5.73 Å². The number of thiophene rings is 1. The number of nitrogen functional groups attached to an aromatic ring is 1. The minimum Gasteiger partial charge on any atom is -0.399 e. The van der Waals surface area contributed by atoms with Crippen molar-refractivity contribution in [2.24, 2.45) is 0 Å². The summed E-state index contributed by atoms with van der Waals surface area (Å²) in [5.74, 6) is 0.116. The molecule has 0 saturated heterocycles. The standard InChI is InChI=1S/C12H11NOS/c13-10-4-1-3-9(7-10)12(14)8-11-5-2-6-15-11/h1-7H,8,13H2. The molecule has 1 heterocycles. The summed E-state index contributed by atoms with van der Waals surface area (Å²) in [6, 6.07) is 11.0. The Morgan fingerprint density at radius 1 is 1.27 bits per heavy atom. The maximum Gasteiger partial charge on any atom is 0.168 e. The fourth-order valence-electron chi connectivity index (χ4n) is 1.39. The molecule has 1 aromatic carbocycles. The Labute approximate surface area is 92.4 Å². The van der Waals surface area contributed by atoms with Crippen molar-refractivity contribution < 1.29 is 4.79 Å². The minimum atomic E-state index is 0.116. The molecule has 0 atom stereocenters. The van der Waals surface area contributed by atoms with Crippen molar-refractivity contribution in [1.29, 1.82) is 0 Å². The molecule has 0 aliphatic carbocycles. The van der Waals surface area contributed by atoms with Crippen LogP contribution in [-0.4, -0.2) is 5.78 Å². The molecule has 0 aliphatic heterocycles. The average molecular weight is 217 g/mol. The number of hydrogen-bond acceptors (Lipinski definition) is 3. The van der Waals surface area contributed by atoms with Gasteiger partial charge in [-0.15, -0.1) is 11.3 Å². The van der Waals surface area contributed by atoms with Gasteiger partial charge in [0.15, 0.2) is 5.78 Å². The average Bonchev–Trinajstić information content (AvgIpc) is 2.70. The van der Waals surface area contributed by atoms with Crippen molar-refractivity contribution in [3.63, 3.8) is 0 Å². The smallest absolute Gasteiger partial charge is 0.168 e. The first-order valence-corrected chi connectivity index (χ1v) is 5.55. The lowest BCUT2D eigenvalue weighted by Gasteiger charge is -2.00. The van der Waals surface area contributed by atoms with E-state index in [9.17, 15) is 4.79 Å². The molecule has 0 bridgehead atoms. The highest BCUT2D eigenvalue weighted by Crippen LogP contribution is 2.14. The van der Waals surface area contributed by atoms with Crippen LogP contribution in [0.5, 0.6) is 0 Å². The first kappa shape index (κ1) is 9.93. The van der Waals surface area contributed by atoms with Crippen LogP contribution in [0.4, 0.5) is 5.69 Å². The van der Waals surface area contributed by atoms with Gasteiger partial charge in [0.25, 0.3) is 0 Å². The maximum atomic E-state index is 11.8. The number of ketones is 1. The van der Waals surface area contributed by atoms with E-state index in [0.29, 0.717) is 17.7 Å². The number of anilines is 1. The van der Waals surface area contributed by atoms with Gasteiger partial charge in [-0.3, -0.25) is 4.79 Å². The minimum absolute atomic E-state index is 0.116. The SMILES string of the molecule is Nc1cccc(C(=O)Cc2cccs2)c1. The topological polar surface area (TPSA) is 43.1 Å². The van der Waals surface area contributed by atoms with Crippen LogP contribution in [0, 0.1) is 0 Å². The third-order valence-corrected chi connectivity index (χ3v) is 3.00. The lowest BCUT2D eigenvalue weighted by molar-refractivity contribution is 0.0994. The molecule has 3 heteroatoms. The summed E-state index contributed by atoms with van der Waals surface area (Å²) in [6.07, 6.45) is 0.459. The molecule has 2 rings (SSSR count). The van der Waals surface area contributed by atoms with E-state index < -0.39 is 0 Å². The molecule has 0 saturated carbocycles. The Morgan fingerprint density at radius 2 is 2.13 bits per heavy atom. The molecule has 15 heavy (non-hydrogen) atoms. The number of Topliss-reactive ketones (excluding diaryl/α,β-unsaturated/α-hetero) is 1. The summed E-state index contributed by atoms with van der Waals surface area (Å²) in [5, 5.41) is 1.97. The molecule has 2 N–H and O–H groups in total. The lowest BCUT2D eigenvalue weighted by Crippen LogP contribution is -2.02. The molecule has 76 valence electrons. The molecule has 0 amide bonds. The first-order chi connectivity index (χ1) is 7.25. The highest BCUT2D eigenvalue weighted by atomic mass is 32.1. The summed E-state index contributed by atoms with van der Waals surface area (Å²) in [6.45, 7) is 0. The van der Waals surface area contributed by atoms with Crippen molar-refractivity contribution >= 4 is 22.8 Å². The van der Waals surface area contributed by atoms with Crippen LogP contribution in [0.1, 0.15) is 15.2 Å². The van der Waals surface area contributed by atoms with Crippen molar-refractivity contribution in [3.8, 4) is 0 Å². The van der Waals surface area contributed by atoms with Crippen LogP contribution in [0.25, 0.3) is 0 Å². The summed E-state index contributed by atoms with van der Waals surface area (Å²) < 4.78 is 0. The molecule has 0 spiro atoms. The first-order valence-electron chi connectivity index (χ1n) is 4.67. The number of carbonyl (C=O) groups is 1. The molecular formula is C12H11NOS. The second-order valence-electron chi connectivity index (χ2n) is 3.30. The molecule has 2 aromatic rings.